The van der Waals surface area contributed by atoms with Crippen LogP contribution in [0.5, 0.6) is 11.5 Å². The Morgan fingerprint density at radius 3 is 2.50 bits per heavy atom. The number of rotatable bonds is 9. The maximum Gasteiger partial charge on any atom is 0.373 e. The molecule has 0 aliphatic heterocycles. The molecule has 0 radical (unpaired) electrons. The van der Waals surface area contributed by atoms with Gasteiger partial charge in [0.1, 0.15) is 12.4 Å². The van der Waals surface area contributed by atoms with Crippen LogP contribution in [0.1, 0.15) is 27.4 Å². The van der Waals surface area contributed by atoms with Crippen molar-refractivity contribution < 1.29 is 33.0 Å². The summed E-state index contributed by atoms with van der Waals surface area (Å²) in [4.78, 5) is 35.5. The summed E-state index contributed by atoms with van der Waals surface area (Å²) in [6, 6.07) is 16.6. The van der Waals surface area contributed by atoms with Gasteiger partial charge in [-0.3, -0.25) is 9.59 Å². The summed E-state index contributed by atoms with van der Waals surface area (Å²) in [6.07, 6.45) is 1.59. The molecule has 36 heavy (non-hydrogen) atoms. The summed E-state index contributed by atoms with van der Waals surface area (Å²) in [7, 11) is 2.72. The van der Waals surface area contributed by atoms with Gasteiger partial charge >= 0.3 is 17.8 Å². The molecule has 2 aromatic carbocycles. The first-order valence-corrected chi connectivity index (χ1v) is 10.5. The van der Waals surface area contributed by atoms with Crippen LogP contribution in [0.25, 0.3) is 0 Å². The van der Waals surface area contributed by atoms with Crippen LogP contribution in [0.4, 0.5) is 5.69 Å². The molecule has 0 bridgehead atoms. The van der Waals surface area contributed by atoms with Gasteiger partial charge in [-0.15, -0.1) is 0 Å². The van der Waals surface area contributed by atoms with Gasteiger partial charge < -0.3 is 23.9 Å². The number of furan rings is 1. The number of carbonyl (C=O) groups is 3. The number of anilines is 1. The predicted molar refractivity (Wildman–Crippen MR) is 127 cm³/mol. The average molecular weight is 490 g/mol. The number of carbonyl (C=O) groups excluding carboxylic acids is 3. The van der Waals surface area contributed by atoms with Gasteiger partial charge in [0.05, 0.1) is 32.9 Å². The summed E-state index contributed by atoms with van der Waals surface area (Å²) >= 11 is 0. The van der Waals surface area contributed by atoms with Crippen LogP contribution in [0, 0.1) is 11.3 Å². The third-order valence-electron chi connectivity index (χ3n) is 4.69. The van der Waals surface area contributed by atoms with Gasteiger partial charge in [-0.2, -0.15) is 10.4 Å². The minimum Gasteiger partial charge on any atom is -0.493 e. The Labute approximate surface area is 206 Å². The van der Waals surface area contributed by atoms with Crippen LogP contribution < -0.4 is 20.2 Å². The summed E-state index contributed by atoms with van der Waals surface area (Å²) in [5.74, 6) is -1.14. The number of nitrogens with zero attached hydrogens (tertiary/aromatic N) is 2. The van der Waals surface area contributed by atoms with Crippen molar-refractivity contribution in [2.75, 3.05) is 19.5 Å². The van der Waals surface area contributed by atoms with Crippen molar-refractivity contribution >= 4 is 29.7 Å². The van der Waals surface area contributed by atoms with Crippen LogP contribution in [0.2, 0.25) is 0 Å². The van der Waals surface area contributed by atoms with Gasteiger partial charge in [-0.05, 0) is 53.6 Å². The molecular formula is C25H22N4O7. The molecule has 11 nitrogen and oxygen atoms in total. The number of nitrogens with one attached hydrogen (secondary N) is 2. The number of hydrogen-bond donors (Lipinski definition) is 2. The van der Waals surface area contributed by atoms with Crippen molar-refractivity contribution in [2.45, 2.75) is 13.0 Å². The second kappa shape index (κ2) is 12.4. The number of ether oxygens (including phenoxy) is 3. The molecule has 0 aliphatic carbocycles. The molecule has 0 saturated carbocycles. The molecule has 11 heteroatoms. The molecule has 1 aromatic heterocycles. The van der Waals surface area contributed by atoms with Crippen molar-refractivity contribution in [3.63, 3.8) is 0 Å². The summed E-state index contributed by atoms with van der Waals surface area (Å²) in [5.41, 5.74) is 3.93. The lowest BCUT2D eigenvalue weighted by Gasteiger charge is -2.10. The molecule has 2 N–H and O–H groups in total. The van der Waals surface area contributed by atoms with Gasteiger partial charge in [0.15, 0.2) is 11.5 Å². The van der Waals surface area contributed by atoms with Crippen molar-refractivity contribution in [1.29, 1.82) is 5.26 Å². The molecule has 3 rings (SSSR count). The smallest absolute Gasteiger partial charge is 0.373 e. The number of benzene rings is 2. The van der Waals surface area contributed by atoms with Gasteiger partial charge in [-0.25, -0.2) is 10.2 Å². The van der Waals surface area contributed by atoms with E-state index in [4.69, 9.17) is 19.2 Å². The second-order valence-corrected chi connectivity index (χ2v) is 7.14. The van der Waals surface area contributed by atoms with Crippen LogP contribution >= 0.6 is 0 Å². The Balaban J connectivity index is 1.53. The highest BCUT2D eigenvalue weighted by molar-refractivity contribution is 6.39. The topological polar surface area (TPSA) is 152 Å². The van der Waals surface area contributed by atoms with Crippen molar-refractivity contribution in [2.24, 2.45) is 5.10 Å². The molecule has 184 valence electrons. The quantitative estimate of drug-likeness (QED) is 0.201. The second-order valence-electron chi connectivity index (χ2n) is 7.14. The Morgan fingerprint density at radius 2 is 1.81 bits per heavy atom. The number of methoxy groups -OCH3 is 2. The average Bonchev–Trinajstić information content (AvgIpc) is 3.37. The standard InChI is InChI=1S/C25H22N4O7/c1-33-22-13-17(5-9-20(22)35-15-19-8-10-21(36-19)25(32)34-2)14-27-29-24(31)23(30)28-18-6-3-16(4-7-18)11-12-26/h3-10,13-14H,11,15H2,1-2H3,(H,28,30)(H,29,31)/b27-14+. The van der Waals surface area contributed by atoms with Crippen LogP contribution in [0.15, 0.2) is 64.1 Å². The lowest BCUT2D eigenvalue weighted by molar-refractivity contribution is -0.136. The van der Waals surface area contributed by atoms with E-state index in [2.05, 4.69) is 20.6 Å². The van der Waals surface area contributed by atoms with E-state index in [1.54, 1.807) is 48.5 Å². The van der Waals surface area contributed by atoms with E-state index in [1.165, 1.54) is 26.5 Å². The Morgan fingerprint density at radius 1 is 1.03 bits per heavy atom. The number of nitriles is 1. The monoisotopic (exact) mass is 490 g/mol. The molecule has 1 heterocycles. The summed E-state index contributed by atoms with van der Waals surface area (Å²) in [6.45, 7) is 0.0486. The maximum atomic E-state index is 12.0. The van der Waals surface area contributed by atoms with Crippen LogP contribution in [-0.4, -0.2) is 38.2 Å². The Bertz CT molecular complexity index is 1310. The number of amides is 2. The zero-order valence-corrected chi connectivity index (χ0v) is 19.4. The Kier molecular flexibility index (Phi) is 8.77. The van der Waals surface area contributed by atoms with Crippen LogP contribution in [0.3, 0.4) is 0 Å². The highest BCUT2D eigenvalue weighted by atomic mass is 16.5. The fraction of sp³-hybridized carbons (Fsp3) is 0.160. The van der Waals surface area contributed by atoms with Crippen molar-refractivity contribution in [3.8, 4) is 17.6 Å². The zero-order chi connectivity index (χ0) is 25.9. The van der Waals surface area contributed by atoms with Gasteiger partial charge in [0.25, 0.3) is 0 Å². The molecule has 3 aromatic rings. The molecule has 0 aliphatic rings. The third kappa shape index (κ3) is 6.94. The first kappa shape index (κ1) is 25.5. The summed E-state index contributed by atoms with van der Waals surface area (Å²) < 4.78 is 21.0. The fourth-order valence-corrected chi connectivity index (χ4v) is 2.90. The predicted octanol–water partition coefficient (Wildman–Crippen LogP) is 2.81. The number of hydrogen-bond acceptors (Lipinski definition) is 9. The first-order valence-electron chi connectivity index (χ1n) is 10.5. The highest BCUT2D eigenvalue weighted by Crippen LogP contribution is 2.28. The molecule has 0 saturated heterocycles. The van der Waals surface area contributed by atoms with Gasteiger partial charge in [0, 0.05) is 5.69 Å². The van der Waals surface area contributed by atoms with E-state index >= 15 is 0 Å². The Hall–Kier alpha value is -5.11. The third-order valence-corrected chi connectivity index (χ3v) is 4.69. The molecule has 0 unspecified atom stereocenters. The van der Waals surface area contributed by atoms with E-state index in [0.717, 1.165) is 5.56 Å². The van der Waals surface area contributed by atoms with E-state index in [9.17, 15) is 14.4 Å². The highest BCUT2D eigenvalue weighted by Gasteiger charge is 2.14. The molecule has 0 spiro atoms. The van der Waals surface area contributed by atoms with E-state index in [1.807, 2.05) is 6.07 Å². The van der Waals surface area contributed by atoms with Gasteiger partial charge in [-0.1, -0.05) is 12.1 Å². The lowest BCUT2D eigenvalue weighted by Crippen LogP contribution is -2.32. The minimum absolute atomic E-state index is 0.0486. The van der Waals surface area contributed by atoms with Gasteiger partial charge in [0.2, 0.25) is 5.76 Å². The minimum atomic E-state index is -0.955. The molecule has 0 fully saturated rings. The van der Waals surface area contributed by atoms with E-state index in [-0.39, 0.29) is 18.8 Å². The SMILES string of the molecule is COC(=O)c1ccc(COc2ccc(/C=N/NC(=O)C(=O)Nc3ccc(CC#N)cc3)cc2OC)o1. The molecule has 2 amide bonds. The normalized spacial score (nSPS) is 10.4. The largest absolute Gasteiger partial charge is 0.493 e. The maximum absolute atomic E-state index is 12.0. The zero-order valence-electron chi connectivity index (χ0n) is 19.4. The van der Waals surface area contributed by atoms with Crippen molar-refractivity contribution in [3.05, 3.63) is 77.2 Å². The molecule has 0 atom stereocenters. The molecular weight excluding hydrogens is 468 g/mol. The number of hydrazone groups is 1. The number of esters is 1. The first-order chi connectivity index (χ1) is 17.4. The van der Waals surface area contributed by atoms with E-state index < -0.39 is 17.8 Å². The summed E-state index contributed by atoms with van der Waals surface area (Å²) in [5, 5.41) is 14.9. The van der Waals surface area contributed by atoms with E-state index in [0.29, 0.717) is 28.5 Å². The van der Waals surface area contributed by atoms with Crippen LogP contribution in [-0.2, 0) is 27.4 Å². The lowest BCUT2D eigenvalue weighted by atomic mass is 10.1. The van der Waals surface area contributed by atoms with Crippen molar-refractivity contribution in [1.82, 2.24) is 5.43 Å². The fourth-order valence-electron chi connectivity index (χ4n) is 2.90.